The van der Waals surface area contributed by atoms with Crippen LogP contribution < -0.4 is 5.32 Å². The van der Waals surface area contributed by atoms with E-state index in [0.717, 1.165) is 13.0 Å². The van der Waals surface area contributed by atoms with E-state index < -0.39 is 0 Å². The van der Waals surface area contributed by atoms with E-state index in [4.69, 9.17) is 0 Å². The Labute approximate surface area is 150 Å². The zero-order valence-electron chi connectivity index (χ0n) is 16.0. The molecule has 2 nitrogen and oxygen atoms in total. The third-order valence-corrected chi connectivity index (χ3v) is 5.50. The number of rotatable bonds is 1. The first kappa shape index (κ1) is 16.4. The molecule has 1 aliphatic heterocycles. The van der Waals surface area contributed by atoms with Crippen molar-refractivity contribution in [2.24, 2.45) is 0 Å². The Balaban J connectivity index is 1.81. The number of hydrogen-bond donors (Lipinski definition) is 2. The Morgan fingerprint density at radius 2 is 1.72 bits per heavy atom. The van der Waals surface area contributed by atoms with Gasteiger partial charge in [-0.25, -0.2) is 0 Å². The average Bonchev–Trinajstić information content (AvgIpc) is 2.92. The number of benzene rings is 2. The molecule has 2 aromatic carbocycles. The number of nitrogens with one attached hydrogen (secondary N) is 2. The van der Waals surface area contributed by atoms with Crippen molar-refractivity contribution in [3.8, 4) is 0 Å². The molecule has 1 aliphatic rings. The SMILES string of the molecule is Cc1cc(C)c2c3c([nH]c2c1)C(c1ccc(C(C)(C)C)cc1)NCC3. The van der Waals surface area contributed by atoms with E-state index in [2.05, 4.69) is 81.3 Å². The molecule has 0 radical (unpaired) electrons. The molecule has 2 heterocycles. The summed E-state index contributed by atoms with van der Waals surface area (Å²) in [5, 5.41) is 5.14. The highest BCUT2D eigenvalue weighted by atomic mass is 15.0. The van der Waals surface area contributed by atoms with Crippen LogP contribution in [0.4, 0.5) is 0 Å². The Morgan fingerprint density at radius 3 is 2.40 bits per heavy atom. The minimum atomic E-state index is 0.194. The van der Waals surface area contributed by atoms with Crippen LogP contribution in [-0.2, 0) is 11.8 Å². The van der Waals surface area contributed by atoms with Crippen LogP contribution in [0.5, 0.6) is 0 Å². The largest absolute Gasteiger partial charge is 0.357 e. The molecular formula is C23H28N2. The molecule has 2 heteroatoms. The molecule has 25 heavy (non-hydrogen) atoms. The first-order valence-corrected chi connectivity index (χ1v) is 9.30. The number of aryl methyl sites for hydroxylation is 2. The van der Waals surface area contributed by atoms with Gasteiger partial charge in [0, 0.05) is 23.1 Å². The second-order valence-electron chi connectivity index (χ2n) is 8.53. The quantitative estimate of drug-likeness (QED) is 0.620. The van der Waals surface area contributed by atoms with E-state index >= 15 is 0 Å². The van der Waals surface area contributed by atoms with Crippen LogP contribution in [0.25, 0.3) is 10.9 Å². The Bertz CT molecular complexity index is 923. The Kier molecular flexibility index (Phi) is 3.77. The van der Waals surface area contributed by atoms with E-state index in [9.17, 15) is 0 Å². The molecule has 1 aromatic heterocycles. The lowest BCUT2D eigenvalue weighted by molar-refractivity contribution is 0.557. The predicted octanol–water partition coefficient (Wildman–Crippen LogP) is 5.32. The molecule has 0 saturated heterocycles. The second-order valence-corrected chi connectivity index (χ2v) is 8.53. The van der Waals surface area contributed by atoms with Gasteiger partial charge in [-0.05, 0) is 59.6 Å². The van der Waals surface area contributed by atoms with Crippen molar-refractivity contribution in [2.75, 3.05) is 6.54 Å². The van der Waals surface area contributed by atoms with Gasteiger partial charge < -0.3 is 10.3 Å². The summed E-state index contributed by atoms with van der Waals surface area (Å²) < 4.78 is 0. The second kappa shape index (κ2) is 5.74. The summed E-state index contributed by atoms with van der Waals surface area (Å²) in [5.41, 5.74) is 9.75. The third-order valence-electron chi connectivity index (χ3n) is 5.50. The third kappa shape index (κ3) is 2.79. The molecule has 1 atom stereocenters. The highest BCUT2D eigenvalue weighted by Crippen LogP contribution is 2.36. The number of hydrogen-bond acceptors (Lipinski definition) is 1. The number of aromatic nitrogens is 1. The standard InChI is InChI=1S/C23H28N2/c1-14-12-15(2)20-18-10-11-24-21(22(18)25-19(20)13-14)16-6-8-17(9-7-16)23(3,4)5/h6-9,12-13,21,24-25H,10-11H2,1-5H3. The minimum Gasteiger partial charge on any atom is -0.357 e. The van der Waals surface area contributed by atoms with E-state index in [1.807, 2.05) is 0 Å². The van der Waals surface area contributed by atoms with Crippen molar-refractivity contribution in [3.63, 3.8) is 0 Å². The van der Waals surface area contributed by atoms with Gasteiger partial charge in [-0.1, -0.05) is 51.1 Å². The van der Waals surface area contributed by atoms with Gasteiger partial charge in [0.1, 0.15) is 0 Å². The number of aromatic amines is 1. The van der Waals surface area contributed by atoms with Crippen molar-refractivity contribution in [1.82, 2.24) is 10.3 Å². The van der Waals surface area contributed by atoms with Crippen LogP contribution in [0.1, 0.15) is 60.3 Å². The molecule has 3 aromatic rings. The highest BCUT2D eigenvalue weighted by molar-refractivity contribution is 5.89. The summed E-state index contributed by atoms with van der Waals surface area (Å²) in [4.78, 5) is 3.73. The minimum absolute atomic E-state index is 0.194. The molecule has 0 fully saturated rings. The predicted molar refractivity (Wildman–Crippen MR) is 106 cm³/mol. The summed E-state index contributed by atoms with van der Waals surface area (Å²) in [6.07, 6.45) is 1.09. The van der Waals surface area contributed by atoms with Gasteiger partial charge in [0.15, 0.2) is 0 Å². The summed E-state index contributed by atoms with van der Waals surface area (Å²) in [5.74, 6) is 0. The molecule has 0 spiro atoms. The number of fused-ring (bicyclic) bond motifs is 3. The van der Waals surface area contributed by atoms with Crippen LogP contribution in [0.15, 0.2) is 36.4 Å². The van der Waals surface area contributed by atoms with Crippen LogP contribution in [0, 0.1) is 13.8 Å². The number of H-pyrrole nitrogens is 1. The molecule has 130 valence electrons. The van der Waals surface area contributed by atoms with Crippen LogP contribution in [0.3, 0.4) is 0 Å². The van der Waals surface area contributed by atoms with Crippen molar-refractivity contribution < 1.29 is 0 Å². The summed E-state index contributed by atoms with van der Waals surface area (Å²) in [7, 11) is 0. The molecule has 1 unspecified atom stereocenters. The Morgan fingerprint density at radius 1 is 1.00 bits per heavy atom. The summed E-state index contributed by atoms with van der Waals surface area (Å²) in [6.45, 7) is 12.2. The molecule has 4 rings (SSSR count). The highest BCUT2D eigenvalue weighted by Gasteiger charge is 2.26. The maximum atomic E-state index is 3.73. The zero-order chi connectivity index (χ0) is 17.8. The zero-order valence-corrected chi connectivity index (χ0v) is 16.0. The maximum Gasteiger partial charge on any atom is 0.0732 e. The van der Waals surface area contributed by atoms with E-state index in [1.165, 1.54) is 44.4 Å². The van der Waals surface area contributed by atoms with E-state index in [-0.39, 0.29) is 11.5 Å². The van der Waals surface area contributed by atoms with Gasteiger partial charge in [-0.3, -0.25) is 0 Å². The van der Waals surface area contributed by atoms with Crippen molar-refractivity contribution in [2.45, 2.75) is 52.5 Å². The van der Waals surface area contributed by atoms with E-state index in [1.54, 1.807) is 0 Å². The molecule has 0 bridgehead atoms. The maximum absolute atomic E-state index is 3.73. The van der Waals surface area contributed by atoms with Crippen molar-refractivity contribution >= 4 is 10.9 Å². The van der Waals surface area contributed by atoms with Crippen molar-refractivity contribution in [1.29, 1.82) is 0 Å². The van der Waals surface area contributed by atoms with Crippen LogP contribution in [-0.4, -0.2) is 11.5 Å². The first-order chi connectivity index (χ1) is 11.8. The monoisotopic (exact) mass is 332 g/mol. The first-order valence-electron chi connectivity index (χ1n) is 9.30. The molecule has 0 amide bonds. The lowest BCUT2D eigenvalue weighted by atomic mass is 9.85. The molecular weight excluding hydrogens is 304 g/mol. The molecule has 0 aliphatic carbocycles. The van der Waals surface area contributed by atoms with E-state index in [0.29, 0.717) is 0 Å². The van der Waals surface area contributed by atoms with Gasteiger partial charge >= 0.3 is 0 Å². The van der Waals surface area contributed by atoms with Gasteiger partial charge in [0.25, 0.3) is 0 Å². The molecule has 2 N–H and O–H groups in total. The molecule has 0 saturated carbocycles. The fourth-order valence-corrected chi connectivity index (χ4v) is 4.23. The summed E-state index contributed by atoms with van der Waals surface area (Å²) in [6, 6.07) is 14.0. The van der Waals surface area contributed by atoms with Gasteiger partial charge in [0.2, 0.25) is 0 Å². The fraction of sp³-hybridized carbons (Fsp3) is 0.391. The lowest BCUT2D eigenvalue weighted by Crippen LogP contribution is -2.30. The summed E-state index contributed by atoms with van der Waals surface area (Å²) >= 11 is 0. The smallest absolute Gasteiger partial charge is 0.0732 e. The van der Waals surface area contributed by atoms with Gasteiger partial charge in [-0.15, -0.1) is 0 Å². The van der Waals surface area contributed by atoms with Gasteiger partial charge in [-0.2, -0.15) is 0 Å². The average molecular weight is 332 g/mol. The van der Waals surface area contributed by atoms with Crippen LogP contribution in [0.2, 0.25) is 0 Å². The topological polar surface area (TPSA) is 27.8 Å². The van der Waals surface area contributed by atoms with Crippen LogP contribution >= 0.6 is 0 Å². The Hall–Kier alpha value is -2.06. The lowest BCUT2D eigenvalue weighted by Gasteiger charge is -2.26. The normalized spacial score (nSPS) is 17.7. The fourth-order valence-electron chi connectivity index (χ4n) is 4.23. The van der Waals surface area contributed by atoms with Gasteiger partial charge in [0.05, 0.1) is 6.04 Å². The van der Waals surface area contributed by atoms with Crippen molar-refractivity contribution in [3.05, 3.63) is 69.9 Å².